The van der Waals surface area contributed by atoms with Crippen LogP contribution in [-0.2, 0) is 47.2 Å². The molecule has 83 heavy (non-hydrogen) atoms. The topological polar surface area (TPSA) is 271 Å². The van der Waals surface area contributed by atoms with Crippen LogP contribution in [0.5, 0.6) is 0 Å². The number of unbranched alkanes of at least 4 members (excludes halogenated alkanes) is 3. The molecule has 3 aliphatic heterocycles. The molecular weight excluding hydrogens is 1120 g/mol. The SMILES string of the molecule is CC1CN(CC(O)[C@H](C)n2cc(CNC(=O)[C@H](Cc3ccc(C(=O)c4ccccc4)cc3)NC(=O)CCCCCNC(=O)CCCC[C@@H]3SC[C@@H]4NC(=O)N[C@@H]43)nn2)S(=O)(=O)c2ccccc2S(=O)(=O)c2cccc3c(N(C)C)ccc1c23. The van der Waals surface area contributed by atoms with Crippen molar-refractivity contribution < 1.29 is 45.9 Å². The van der Waals surface area contributed by atoms with Crippen LogP contribution >= 0.6 is 11.8 Å². The summed E-state index contributed by atoms with van der Waals surface area (Å²) in [5, 5.41) is 36.5. The minimum atomic E-state index is -4.56. The first kappa shape index (κ1) is 60.4. The number of nitrogens with one attached hydrogen (secondary N) is 5. The van der Waals surface area contributed by atoms with E-state index in [1.165, 1.54) is 41.2 Å². The van der Waals surface area contributed by atoms with Crippen molar-refractivity contribution in [2.24, 2.45) is 0 Å². The summed E-state index contributed by atoms with van der Waals surface area (Å²) in [6, 6.07) is 28.3. The Labute approximate surface area is 488 Å². The lowest BCUT2D eigenvalue weighted by atomic mass is 9.93. The minimum absolute atomic E-state index is 0.00525. The number of hydrogen-bond acceptors (Lipinski definition) is 14. The molecule has 5 aromatic carbocycles. The van der Waals surface area contributed by atoms with Crippen LogP contribution in [0, 0.1) is 0 Å². The molecule has 2 fully saturated rings. The van der Waals surface area contributed by atoms with E-state index in [9.17, 15) is 45.9 Å². The molecule has 0 saturated carbocycles. The van der Waals surface area contributed by atoms with Crippen LogP contribution in [-0.4, -0.2) is 140 Å². The Hall–Kier alpha value is -7.18. The van der Waals surface area contributed by atoms with Crippen LogP contribution < -0.4 is 31.5 Å². The summed E-state index contributed by atoms with van der Waals surface area (Å²) in [7, 11) is -5.23. The molecule has 1 aromatic heterocycles. The number of carbonyl (C=O) groups excluding carboxylic acids is 5. The van der Waals surface area contributed by atoms with E-state index >= 15 is 0 Å². The minimum Gasteiger partial charge on any atom is -0.390 e. The molecule has 0 bridgehead atoms. The summed E-state index contributed by atoms with van der Waals surface area (Å²) in [4.78, 5) is 66.0. The van der Waals surface area contributed by atoms with Crippen molar-refractivity contribution in [2.75, 3.05) is 44.4 Å². The van der Waals surface area contributed by atoms with Crippen molar-refractivity contribution in [3.63, 3.8) is 0 Å². The van der Waals surface area contributed by atoms with Gasteiger partial charge in [0.25, 0.3) is 0 Å². The summed E-state index contributed by atoms with van der Waals surface area (Å²) in [5.74, 6) is -0.661. The number of anilines is 1. The number of sulfonamides is 1. The lowest BCUT2D eigenvalue weighted by Gasteiger charge is -2.32. The molecule has 6 aromatic rings. The molecular formula is C60H72N10O10S3. The number of aliphatic hydroxyl groups is 1. The van der Waals surface area contributed by atoms with E-state index in [1.807, 2.05) is 61.9 Å². The number of nitrogens with zero attached hydrogens (tertiary/aromatic N) is 5. The summed E-state index contributed by atoms with van der Waals surface area (Å²) in [6.45, 7) is 3.30. The number of fused-ring (bicyclic) bond motifs is 2. The molecule has 23 heteroatoms. The number of rotatable bonds is 24. The summed E-state index contributed by atoms with van der Waals surface area (Å²) >= 11 is 1.86. The molecule has 6 N–H and O–H groups in total. The number of benzene rings is 5. The van der Waals surface area contributed by atoms with Gasteiger partial charge in [-0.1, -0.05) is 110 Å². The van der Waals surface area contributed by atoms with Gasteiger partial charge in [0.2, 0.25) is 37.6 Å². The van der Waals surface area contributed by atoms with E-state index in [0.717, 1.165) is 35.0 Å². The van der Waals surface area contributed by atoms with Crippen molar-refractivity contribution in [3.8, 4) is 0 Å². The highest BCUT2D eigenvalue weighted by atomic mass is 32.2. The fourth-order valence-corrected chi connectivity index (χ4v) is 16.5. The van der Waals surface area contributed by atoms with Gasteiger partial charge in [-0.2, -0.15) is 16.1 Å². The van der Waals surface area contributed by atoms with Crippen LogP contribution in [0.2, 0.25) is 0 Å². The molecule has 9 rings (SSSR count). The van der Waals surface area contributed by atoms with Gasteiger partial charge in [-0.3, -0.25) is 19.2 Å². The maximum absolute atomic E-state index is 14.8. The van der Waals surface area contributed by atoms with Gasteiger partial charge >= 0.3 is 6.03 Å². The Morgan fingerprint density at radius 1 is 0.795 bits per heavy atom. The predicted octanol–water partition coefficient (Wildman–Crippen LogP) is 6.04. The van der Waals surface area contributed by atoms with Crippen LogP contribution in [0.1, 0.15) is 110 Å². The van der Waals surface area contributed by atoms with Gasteiger partial charge in [-0.15, -0.1) is 5.10 Å². The van der Waals surface area contributed by atoms with Crippen molar-refractivity contribution in [3.05, 3.63) is 143 Å². The molecule has 440 valence electrons. The molecule has 0 aliphatic carbocycles. The second-order valence-corrected chi connectivity index (χ2v) is 26.9. The Kier molecular flexibility index (Phi) is 19.4. The molecule has 4 heterocycles. The van der Waals surface area contributed by atoms with Gasteiger partial charge in [0.1, 0.15) is 16.6 Å². The zero-order valence-electron chi connectivity index (χ0n) is 47.0. The number of aliphatic hydroxyl groups excluding tert-OH is 1. The number of hydrogen-bond donors (Lipinski definition) is 6. The zero-order chi connectivity index (χ0) is 59.0. The van der Waals surface area contributed by atoms with E-state index in [4.69, 9.17) is 0 Å². The van der Waals surface area contributed by atoms with E-state index < -0.39 is 61.3 Å². The lowest BCUT2D eigenvalue weighted by molar-refractivity contribution is -0.129. The second-order valence-electron chi connectivity index (χ2n) is 21.9. The molecule has 0 spiro atoms. The molecule has 0 radical (unpaired) electrons. The maximum atomic E-state index is 14.8. The van der Waals surface area contributed by atoms with Crippen LogP contribution in [0.4, 0.5) is 10.5 Å². The predicted molar refractivity (Wildman–Crippen MR) is 317 cm³/mol. The fraction of sp³-hybridized carbons (Fsp3) is 0.417. The fourth-order valence-electron chi connectivity index (χ4n) is 11.1. The number of sulfone groups is 1. The van der Waals surface area contributed by atoms with Gasteiger partial charge in [0, 0.05) is 91.6 Å². The average Bonchev–Trinajstić information content (AvgIpc) is 3.46. The highest BCUT2D eigenvalue weighted by Crippen LogP contribution is 2.42. The Morgan fingerprint density at radius 2 is 1.49 bits per heavy atom. The molecule has 7 atom stereocenters. The van der Waals surface area contributed by atoms with E-state index in [1.54, 1.807) is 61.5 Å². The van der Waals surface area contributed by atoms with Crippen LogP contribution in [0.15, 0.2) is 130 Å². The second kappa shape index (κ2) is 26.6. The third-order valence-corrected chi connectivity index (χ3v) is 21.1. The van der Waals surface area contributed by atoms with Crippen molar-refractivity contribution in [1.29, 1.82) is 0 Å². The normalized spacial score (nSPS) is 19.9. The first-order chi connectivity index (χ1) is 39.8. The first-order valence-electron chi connectivity index (χ1n) is 28.2. The number of amides is 5. The quantitative estimate of drug-likeness (QED) is 0.0229. The van der Waals surface area contributed by atoms with E-state index in [2.05, 4.69) is 36.9 Å². The smallest absolute Gasteiger partial charge is 0.315 e. The Bertz CT molecular complexity index is 3570. The standard InChI is InChI=1S/C60H72N10O10S3/c1-38-34-69(83(79,80)52-21-12-11-20-51(52)82(77,78)53-22-15-18-45-48(68(3)4)30-29-44(38)56(45)53)36-49(71)39(2)70-35-43(66-67-70)33-62-59(75)46(32-40-25-27-42(28-26-40)58(74)41-16-7-5-8-17-41)63-55(73)24-9-6-14-31-61-54(72)23-13-10-19-50-57-47(37-81-50)64-60(76)65-57/h5,7-8,11-12,15-18,20-22,25-30,35,38-39,46-47,49-50,57,71H,6,9-10,13-14,19,23-24,31-34,36-37H2,1-4H3,(H,61,72)(H,62,75)(H,63,73)(H2,64,65,76)/t38?,39-,46-,47-,49?,50-,57-/m0/s1. The van der Waals surface area contributed by atoms with Gasteiger partial charge in [-0.25, -0.2) is 26.3 Å². The maximum Gasteiger partial charge on any atom is 0.315 e. The average molecular weight is 1190 g/mol. The lowest BCUT2D eigenvalue weighted by Crippen LogP contribution is -2.47. The zero-order valence-corrected chi connectivity index (χ0v) is 49.4. The third-order valence-electron chi connectivity index (χ3n) is 15.7. The van der Waals surface area contributed by atoms with E-state index in [-0.39, 0.29) is 71.4 Å². The highest BCUT2D eigenvalue weighted by Gasteiger charge is 2.43. The monoisotopic (exact) mass is 1190 g/mol. The summed E-state index contributed by atoms with van der Waals surface area (Å²) in [5.41, 5.74) is 3.43. The van der Waals surface area contributed by atoms with Crippen molar-refractivity contribution in [2.45, 2.75) is 134 Å². The van der Waals surface area contributed by atoms with Gasteiger partial charge in [0.05, 0.1) is 46.8 Å². The van der Waals surface area contributed by atoms with Crippen LogP contribution in [0.25, 0.3) is 10.8 Å². The van der Waals surface area contributed by atoms with Crippen molar-refractivity contribution >= 4 is 77.6 Å². The summed E-state index contributed by atoms with van der Waals surface area (Å²) in [6.07, 6.45) is 5.25. The number of urea groups is 1. The highest BCUT2D eigenvalue weighted by molar-refractivity contribution is 8.00. The molecule has 20 nitrogen and oxygen atoms in total. The number of ketones is 1. The Balaban J connectivity index is 0.815. The van der Waals surface area contributed by atoms with Gasteiger partial charge in [0.15, 0.2) is 5.78 Å². The number of β-amino-alcohol motifs (C(OH)–C–C–N with tert-alkyl or cyclic N) is 1. The number of aromatic nitrogens is 3. The third kappa shape index (κ3) is 14.1. The molecule has 2 saturated heterocycles. The number of carbonyl (C=O) groups is 5. The number of thioether (sulfide) groups is 1. The summed E-state index contributed by atoms with van der Waals surface area (Å²) < 4.78 is 61.4. The first-order valence-corrected chi connectivity index (χ1v) is 32.1. The Morgan fingerprint density at radius 3 is 2.25 bits per heavy atom. The van der Waals surface area contributed by atoms with Crippen molar-refractivity contribution in [1.82, 2.24) is 45.9 Å². The van der Waals surface area contributed by atoms with Gasteiger partial charge < -0.3 is 36.6 Å². The molecule has 3 aliphatic rings. The largest absolute Gasteiger partial charge is 0.390 e. The van der Waals surface area contributed by atoms with Gasteiger partial charge in [-0.05, 0) is 73.9 Å². The van der Waals surface area contributed by atoms with E-state index in [0.29, 0.717) is 76.2 Å². The molecule has 5 amide bonds. The van der Waals surface area contributed by atoms with Crippen LogP contribution in [0.3, 0.4) is 0 Å². The molecule has 2 unspecified atom stereocenters.